The largest absolute Gasteiger partial charge is 0.508 e. The van der Waals surface area contributed by atoms with Crippen LogP contribution in [-0.4, -0.2) is 29.0 Å². The van der Waals surface area contributed by atoms with E-state index in [2.05, 4.69) is 24.1 Å². The number of H-pyrrole nitrogens is 1. The molecule has 0 spiro atoms. The first kappa shape index (κ1) is 20.6. The van der Waals surface area contributed by atoms with E-state index in [0.717, 1.165) is 17.8 Å². The Morgan fingerprint density at radius 3 is 2.97 bits per heavy atom. The number of fused-ring (bicyclic) bond motifs is 2. The predicted molar refractivity (Wildman–Crippen MR) is 120 cm³/mol. The summed E-state index contributed by atoms with van der Waals surface area (Å²) < 4.78 is 11.2. The van der Waals surface area contributed by atoms with Gasteiger partial charge in [-0.3, -0.25) is 0 Å². The molecule has 1 unspecified atom stereocenters. The zero-order chi connectivity index (χ0) is 20.9. The van der Waals surface area contributed by atoms with Gasteiger partial charge in [-0.15, -0.1) is 0 Å². The van der Waals surface area contributed by atoms with E-state index in [1.807, 2.05) is 6.08 Å². The van der Waals surface area contributed by atoms with Crippen LogP contribution in [0.25, 0.3) is 6.08 Å². The lowest BCUT2D eigenvalue weighted by Gasteiger charge is -2.17. The van der Waals surface area contributed by atoms with Crippen molar-refractivity contribution in [1.82, 2.24) is 4.98 Å². The van der Waals surface area contributed by atoms with E-state index in [9.17, 15) is 5.11 Å². The van der Waals surface area contributed by atoms with Crippen LogP contribution in [0.2, 0.25) is 0 Å². The van der Waals surface area contributed by atoms with E-state index in [0.29, 0.717) is 17.4 Å². The third-order valence-corrected chi connectivity index (χ3v) is 6.14. The third-order valence-electron chi connectivity index (χ3n) is 6.14. The Hall–Kier alpha value is -2.69. The first-order valence-corrected chi connectivity index (χ1v) is 11.2. The maximum Gasteiger partial charge on any atom is 0.196 e. The topological polar surface area (TPSA) is 66.8 Å². The summed E-state index contributed by atoms with van der Waals surface area (Å²) in [6.45, 7) is 2.27. The number of aromatic amines is 1. The van der Waals surface area contributed by atoms with Crippen molar-refractivity contribution in [2.45, 2.75) is 70.3 Å². The number of rotatable bonds is 5. The van der Waals surface area contributed by atoms with Crippen molar-refractivity contribution in [3.8, 4) is 0 Å². The van der Waals surface area contributed by atoms with Gasteiger partial charge in [-0.2, -0.15) is 0 Å². The van der Waals surface area contributed by atoms with Gasteiger partial charge in [0.1, 0.15) is 17.2 Å². The average Bonchev–Trinajstić information content (AvgIpc) is 3.33. The lowest BCUT2D eigenvalue weighted by atomic mass is 9.88. The fraction of sp³-hybridized carbons (Fsp3) is 0.480. The summed E-state index contributed by atoms with van der Waals surface area (Å²) in [6, 6.07) is 2.37. The summed E-state index contributed by atoms with van der Waals surface area (Å²) in [6.07, 6.45) is 18.1. The minimum absolute atomic E-state index is 0.147. The number of allylic oxidation sites excluding steroid dienone is 2. The summed E-state index contributed by atoms with van der Waals surface area (Å²) in [5.74, 6) is 1.41. The highest BCUT2D eigenvalue weighted by atomic mass is 16.5. The van der Waals surface area contributed by atoms with Crippen LogP contribution >= 0.6 is 0 Å². The lowest BCUT2D eigenvalue weighted by Crippen LogP contribution is -2.24. The van der Waals surface area contributed by atoms with Crippen LogP contribution in [0.5, 0.6) is 0 Å². The second-order valence-corrected chi connectivity index (χ2v) is 8.32. The quantitative estimate of drug-likeness (QED) is 0.620. The molecule has 1 aromatic rings. The molecule has 0 saturated carbocycles. The number of methoxy groups -OCH3 is 1. The Balaban J connectivity index is 1.69. The normalized spacial score (nSPS) is 25.4. The predicted octanol–water partition coefficient (Wildman–Crippen LogP) is 6.09. The first-order valence-electron chi connectivity index (χ1n) is 11.2. The summed E-state index contributed by atoms with van der Waals surface area (Å²) in [5.41, 5.74) is 5.26. The van der Waals surface area contributed by atoms with Gasteiger partial charge in [0, 0.05) is 17.5 Å². The number of aromatic nitrogens is 1. The van der Waals surface area contributed by atoms with E-state index in [1.165, 1.54) is 56.2 Å². The van der Waals surface area contributed by atoms with E-state index in [4.69, 9.17) is 14.5 Å². The molecule has 2 bridgehead atoms. The van der Waals surface area contributed by atoms with Crippen LogP contribution in [-0.2, 0) is 15.9 Å². The molecule has 2 atom stereocenters. The summed E-state index contributed by atoms with van der Waals surface area (Å²) in [7, 11) is 1.65. The first-order chi connectivity index (χ1) is 14.7. The fourth-order valence-corrected chi connectivity index (χ4v) is 4.61. The molecule has 0 fully saturated rings. The molecule has 0 saturated heterocycles. The molecule has 2 N–H and O–H groups in total. The molecular weight excluding hydrogens is 376 g/mol. The zero-order valence-corrected chi connectivity index (χ0v) is 18.0. The number of aliphatic hydroxyl groups excluding tert-OH is 1. The molecule has 3 aliphatic rings. The van der Waals surface area contributed by atoms with Gasteiger partial charge in [-0.1, -0.05) is 32.6 Å². The molecule has 5 nitrogen and oxygen atoms in total. The van der Waals surface area contributed by atoms with Crippen LogP contribution in [0.3, 0.4) is 0 Å². The van der Waals surface area contributed by atoms with Crippen LogP contribution in [0.15, 0.2) is 52.8 Å². The van der Waals surface area contributed by atoms with Gasteiger partial charge < -0.3 is 19.6 Å². The second kappa shape index (κ2) is 9.41. The molecule has 0 aromatic carbocycles. The van der Waals surface area contributed by atoms with E-state index >= 15 is 0 Å². The molecule has 5 heteroatoms. The number of hydrogen-bond donors (Lipinski definition) is 2. The van der Waals surface area contributed by atoms with Gasteiger partial charge in [0.15, 0.2) is 6.10 Å². The highest BCUT2D eigenvalue weighted by Gasteiger charge is 2.28. The number of hydrogen-bond acceptors (Lipinski definition) is 4. The zero-order valence-electron chi connectivity index (χ0n) is 18.0. The van der Waals surface area contributed by atoms with Crippen molar-refractivity contribution in [2.24, 2.45) is 4.99 Å². The summed E-state index contributed by atoms with van der Waals surface area (Å²) in [5, 5.41) is 10.2. The second-order valence-electron chi connectivity index (χ2n) is 8.32. The molecule has 3 heterocycles. The maximum atomic E-state index is 10.2. The Labute approximate surface area is 178 Å². The summed E-state index contributed by atoms with van der Waals surface area (Å²) in [4.78, 5) is 8.41. The Morgan fingerprint density at radius 1 is 1.30 bits per heavy atom. The van der Waals surface area contributed by atoms with E-state index in [1.54, 1.807) is 25.5 Å². The van der Waals surface area contributed by atoms with E-state index < -0.39 is 6.10 Å². The van der Waals surface area contributed by atoms with Crippen LogP contribution in [0.4, 0.5) is 0 Å². The van der Waals surface area contributed by atoms with Gasteiger partial charge in [0.05, 0.1) is 19.1 Å². The van der Waals surface area contributed by atoms with Crippen LogP contribution in [0.1, 0.15) is 74.7 Å². The number of nitrogens with one attached hydrogen (secondary N) is 1. The Bertz CT molecular complexity index is 917. The minimum atomic E-state index is -0.591. The smallest absolute Gasteiger partial charge is 0.196 e. The van der Waals surface area contributed by atoms with Crippen molar-refractivity contribution >= 4 is 11.8 Å². The molecule has 1 aliphatic carbocycles. The highest BCUT2D eigenvalue weighted by molar-refractivity contribution is 6.05. The number of aliphatic imine (C=N–C) groups is 1. The number of ether oxygens (including phenoxy) is 2. The van der Waals surface area contributed by atoms with Crippen molar-refractivity contribution in [3.63, 3.8) is 0 Å². The van der Waals surface area contributed by atoms with Crippen LogP contribution in [0, 0.1) is 0 Å². The van der Waals surface area contributed by atoms with Gasteiger partial charge in [-0.25, -0.2) is 4.99 Å². The van der Waals surface area contributed by atoms with Crippen molar-refractivity contribution in [1.29, 1.82) is 0 Å². The minimum Gasteiger partial charge on any atom is -0.508 e. The van der Waals surface area contributed by atoms with Gasteiger partial charge in [0.25, 0.3) is 0 Å². The molecule has 0 radical (unpaired) electrons. The van der Waals surface area contributed by atoms with Gasteiger partial charge in [0.2, 0.25) is 0 Å². The van der Waals surface area contributed by atoms with Gasteiger partial charge in [-0.05, 0) is 61.5 Å². The fourth-order valence-electron chi connectivity index (χ4n) is 4.61. The average molecular weight is 409 g/mol. The third kappa shape index (κ3) is 4.40. The maximum absolute atomic E-state index is 10.2. The number of aliphatic hydroxyl groups is 1. The highest BCUT2D eigenvalue weighted by Crippen LogP contribution is 2.35. The molecule has 160 valence electrons. The standard InChI is InChI=1S/C25H32N2O3/c1-3-9-17-10-6-4-5-7-11-18-14-19(17)20(26-18)15-21-24(29-2)16-22(27-21)25-23(28)12-8-13-30-25/h8,12-17,25-26,28H,3-7,9-11H2,1-2H3/t17?,25-/m1/s1. The Kier molecular flexibility index (Phi) is 6.46. The lowest BCUT2D eigenvalue weighted by molar-refractivity contribution is 0.175. The molecule has 30 heavy (non-hydrogen) atoms. The SMILES string of the molecule is CCCC1CCCCCCc2cc1c(C=C1N=C([C@H]3OC=CC=C3O)C=C1OC)[nH]2. The summed E-state index contributed by atoms with van der Waals surface area (Å²) >= 11 is 0. The van der Waals surface area contributed by atoms with Crippen molar-refractivity contribution < 1.29 is 14.6 Å². The molecule has 1 aromatic heterocycles. The molecule has 0 amide bonds. The molecule has 4 rings (SSSR count). The van der Waals surface area contributed by atoms with E-state index in [-0.39, 0.29) is 5.76 Å². The number of aryl methyl sites for hydroxylation is 1. The van der Waals surface area contributed by atoms with Gasteiger partial charge >= 0.3 is 0 Å². The monoisotopic (exact) mass is 408 g/mol. The molecular formula is C25H32N2O3. The Morgan fingerprint density at radius 2 is 2.17 bits per heavy atom. The van der Waals surface area contributed by atoms with Crippen LogP contribution < -0.4 is 0 Å². The molecule has 2 aliphatic heterocycles. The number of nitrogens with zero attached hydrogens (tertiary/aromatic N) is 1. The van der Waals surface area contributed by atoms with Crippen molar-refractivity contribution in [3.05, 3.63) is 64.7 Å². The van der Waals surface area contributed by atoms with Crippen molar-refractivity contribution in [2.75, 3.05) is 7.11 Å².